The number of fused-ring (bicyclic) bond motifs is 2. The summed E-state index contributed by atoms with van der Waals surface area (Å²) >= 11 is 0. The number of nitrogens with zero attached hydrogens (tertiary/aromatic N) is 5. The van der Waals surface area contributed by atoms with E-state index in [4.69, 9.17) is 10.5 Å². The lowest BCUT2D eigenvalue weighted by molar-refractivity contribution is -0.148. The molecule has 2 aliphatic rings. The Morgan fingerprint density at radius 1 is 1.34 bits per heavy atom. The molecule has 14 heteroatoms. The zero-order valence-electron chi connectivity index (χ0n) is 18.6. The maximum Gasteiger partial charge on any atom is 0.254 e. The molecule has 3 aromatic rings. The molecule has 1 saturated heterocycles. The second-order valence-electron chi connectivity index (χ2n) is 8.40. The van der Waals surface area contributed by atoms with Crippen LogP contribution in [0.2, 0.25) is 0 Å². The van der Waals surface area contributed by atoms with Crippen LogP contribution in [0.15, 0.2) is 30.9 Å². The smallest absolute Gasteiger partial charge is 0.254 e. The van der Waals surface area contributed by atoms with Gasteiger partial charge in [0, 0.05) is 30.4 Å². The molecule has 0 spiro atoms. The Kier molecular flexibility index (Phi) is 5.72. The fourth-order valence-electron chi connectivity index (χ4n) is 4.33. The van der Waals surface area contributed by atoms with Crippen molar-refractivity contribution in [3.05, 3.63) is 42.0 Å². The summed E-state index contributed by atoms with van der Waals surface area (Å²) in [5.74, 6) is -0.695. The first kappa shape index (κ1) is 22.9. The minimum atomic E-state index is -1.54. The van der Waals surface area contributed by atoms with E-state index in [-0.39, 0.29) is 23.9 Å². The molecule has 1 aromatic carbocycles. The summed E-state index contributed by atoms with van der Waals surface area (Å²) in [5.41, 5.74) is 8.18. The number of likely N-dealkylation sites (N-methyl/N-ethyl adjacent to an activating group) is 1. The van der Waals surface area contributed by atoms with Gasteiger partial charge < -0.3 is 41.3 Å². The van der Waals surface area contributed by atoms with Gasteiger partial charge in [-0.3, -0.25) is 14.2 Å². The number of imidazole rings is 1. The quantitative estimate of drug-likeness (QED) is 0.215. The van der Waals surface area contributed by atoms with Gasteiger partial charge in [-0.2, -0.15) is 0 Å². The van der Waals surface area contributed by atoms with Crippen LogP contribution in [0.3, 0.4) is 0 Å². The zero-order valence-corrected chi connectivity index (χ0v) is 18.6. The molecule has 5 rings (SSSR count). The van der Waals surface area contributed by atoms with Crippen LogP contribution in [0.4, 0.5) is 11.5 Å². The lowest BCUT2D eigenvalue weighted by Gasteiger charge is -2.26. The molecule has 4 heterocycles. The van der Waals surface area contributed by atoms with E-state index in [1.54, 1.807) is 18.2 Å². The molecule has 0 bridgehead atoms. The molecule has 184 valence electrons. The van der Waals surface area contributed by atoms with Gasteiger partial charge in [0.2, 0.25) is 0 Å². The van der Waals surface area contributed by atoms with Crippen LogP contribution in [0.5, 0.6) is 0 Å². The standard InChI is InChI=1S/C21H24N8O6/c1-28(6-12(30)27-11-4-2-3-9-10(11)5-23-19(9)33)20(34)16-14(31)15(32)21(35-16)29-8-26-13-17(22)24-7-25-18(13)29/h2-4,7-8,12,14-16,21,27,30-32H,5-6H2,1H3,(H,23,33)(H2,22,24,25). The minimum absolute atomic E-state index is 0.139. The molecule has 2 aromatic heterocycles. The Bertz CT molecular complexity index is 1300. The summed E-state index contributed by atoms with van der Waals surface area (Å²) in [6.45, 7) is 0.175. The highest BCUT2D eigenvalue weighted by atomic mass is 16.6. The van der Waals surface area contributed by atoms with Crippen molar-refractivity contribution in [2.75, 3.05) is 24.6 Å². The molecular weight excluding hydrogens is 460 g/mol. The van der Waals surface area contributed by atoms with Crippen molar-refractivity contribution in [2.24, 2.45) is 0 Å². The van der Waals surface area contributed by atoms with Crippen molar-refractivity contribution in [1.29, 1.82) is 0 Å². The van der Waals surface area contributed by atoms with Crippen molar-refractivity contribution in [2.45, 2.75) is 37.3 Å². The predicted octanol–water partition coefficient (Wildman–Crippen LogP) is -1.84. The second kappa shape index (κ2) is 8.74. The SMILES string of the molecule is CN(CC(O)Nc1cccc2c1CNC2=O)C(=O)C1OC(n2cnc3c(N)ncnc32)C(O)C1O. The van der Waals surface area contributed by atoms with E-state index >= 15 is 0 Å². The lowest BCUT2D eigenvalue weighted by Crippen LogP contribution is -2.47. The molecule has 7 N–H and O–H groups in total. The topological polar surface area (TPSA) is 201 Å². The van der Waals surface area contributed by atoms with E-state index < -0.39 is 36.7 Å². The van der Waals surface area contributed by atoms with E-state index in [9.17, 15) is 24.9 Å². The van der Waals surface area contributed by atoms with Crippen LogP contribution < -0.4 is 16.4 Å². The first-order valence-corrected chi connectivity index (χ1v) is 10.8. The fourth-order valence-corrected chi connectivity index (χ4v) is 4.33. The third-order valence-corrected chi connectivity index (χ3v) is 6.13. The Morgan fingerprint density at radius 2 is 2.14 bits per heavy atom. The van der Waals surface area contributed by atoms with Crippen LogP contribution in [0.25, 0.3) is 11.2 Å². The highest BCUT2D eigenvalue weighted by Gasteiger charge is 2.48. The van der Waals surface area contributed by atoms with Crippen LogP contribution in [-0.4, -0.2) is 89.7 Å². The van der Waals surface area contributed by atoms with Gasteiger partial charge in [-0.25, -0.2) is 15.0 Å². The molecule has 1 fully saturated rings. The van der Waals surface area contributed by atoms with Gasteiger partial charge in [-0.05, 0) is 12.1 Å². The number of ether oxygens (including phenoxy) is 1. The van der Waals surface area contributed by atoms with Gasteiger partial charge in [0.05, 0.1) is 12.9 Å². The second-order valence-corrected chi connectivity index (χ2v) is 8.40. The number of nitrogen functional groups attached to an aromatic ring is 1. The number of amides is 2. The third kappa shape index (κ3) is 3.91. The van der Waals surface area contributed by atoms with Gasteiger partial charge >= 0.3 is 0 Å². The number of benzene rings is 1. The van der Waals surface area contributed by atoms with Gasteiger partial charge in [0.25, 0.3) is 11.8 Å². The molecular formula is C21H24N8O6. The highest BCUT2D eigenvalue weighted by Crippen LogP contribution is 2.33. The summed E-state index contributed by atoms with van der Waals surface area (Å²) in [7, 11) is 1.43. The Balaban J connectivity index is 1.27. The number of aliphatic hydroxyl groups excluding tert-OH is 3. The van der Waals surface area contributed by atoms with Crippen LogP contribution in [-0.2, 0) is 16.1 Å². The van der Waals surface area contributed by atoms with Crippen molar-refractivity contribution >= 4 is 34.5 Å². The average molecular weight is 484 g/mol. The van der Waals surface area contributed by atoms with E-state index in [0.717, 1.165) is 5.56 Å². The molecule has 5 unspecified atom stereocenters. The Labute approximate surface area is 198 Å². The number of hydrogen-bond donors (Lipinski definition) is 6. The largest absolute Gasteiger partial charge is 0.387 e. The molecule has 14 nitrogen and oxygen atoms in total. The molecule has 0 aliphatic carbocycles. The van der Waals surface area contributed by atoms with E-state index in [0.29, 0.717) is 23.3 Å². The highest BCUT2D eigenvalue weighted by molar-refractivity contribution is 6.00. The molecule has 35 heavy (non-hydrogen) atoms. The van der Waals surface area contributed by atoms with Crippen molar-refractivity contribution in [3.8, 4) is 0 Å². The average Bonchev–Trinajstić information content (AvgIpc) is 3.51. The van der Waals surface area contributed by atoms with E-state index in [1.807, 2.05) is 0 Å². The first-order valence-electron chi connectivity index (χ1n) is 10.8. The number of anilines is 2. The number of aliphatic hydroxyl groups is 3. The van der Waals surface area contributed by atoms with Crippen LogP contribution >= 0.6 is 0 Å². The first-order chi connectivity index (χ1) is 16.8. The number of aromatic nitrogens is 4. The molecule has 2 aliphatic heterocycles. The van der Waals surface area contributed by atoms with Crippen LogP contribution in [0.1, 0.15) is 22.1 Å². The third-order valence-electron chi connectivity index (χ3n) is 6.13. The monoisotopic (exact) mass is 484 g/mol. The molecule has 0 saturated carbocycles. The van der Waals surface area contributed by atoms with Crippen molar-refractivity contribution in [3.63, 3.8) is 0 Å². The van der Waals surface area contributed by atoms with Crippen molar-refractivity contribution in [1.82, 2.24) is 29.7 Å². The number of nitrogens with two attached hydrogens (primary N) is 1. The number of carbonyl (C=O) groups excluding carboxylic acids is 2. The summed E-state index contributed by atoms with van der Waals surface area (Å²) < 4.78 is 7.09. The number of nitrogens with one attached hydrogen (secondary N) is 2. The lowest BCUT2D eigenvalue weighted by atomic mass is 10.1. The van der Waals surface area contributed by atoms with Gasteiger partial charge in [-0.1, -0.05) is 6.07 Å². The summed E-state index contributed by atoms with van der Waals surface area (Å²) in [6.07, 6.45) is -4.15. The maximum atomic E-state index is 13.0. The van der Waals surface area contributed by atoms with Gasteiger partial charge in [-0.15, -0.1) is 0 Å². The Morgan fingerprint density at radius 3 is 2.94 bits per heavy atom. The zero-order chi connectivity index (χ0) is 24.9. The number of carbonyl (C=O) groups is 2. The Hall–Kier alpha value is -3.85. The number of rotatable bonds is 6. The molecule has 0 radical (unpaired) electrons. The normalized spacial score (nSPS) is 24.3. The van der Waals surface area contributed by atoms with Crippen LogP contribution in [0, 0.1) is 0 Å². The summed E-state index contributed by atoms with van der Waals surface area (Å²) in [4.78, 5) is 38.1. The molecule has 5 atom stereocenters. The summed E-state index contributed by atoms with van der Waals surface area (Å²) in [6, 6.07) is 5.10. The molecule has 2 amide bonds. The van der Waals surface area contributed by atoms with E-state index in [1.165, 1.54) is 29.2 Å². The van der Waals surface area contributed by atoms with Crippen molar-refractivity contribution < 1.29 is 29.6 Å². The minimum Gasteiger partial charge on any atom is -0.387 e. The fraction of sp³-hybridized carbons (Fsp3) is 0.381. The maximum absolute atomic E-state index is 13.0. The van der Waals surface area contributed by atoms with Gasteiger partial charge in [0.15, 0.2) is 23.8 Å². The summed E-state index contributed by atoms with van der Waals surface area (Å²) in [5, 5.41) is 37.3. The predicted molar refractivity (Wildman–Crippen MR) is 121 cm³/mol. The number of hydrogen-bond acceptors (Lipinski definition) is 11. The van der Waals surface area contributed by atoms with Gasteiger partial charge in [0.1, 0.15) is 30.3 Å². The van der Waals surface area contributed by atoms with E-state index in [2.05, 4.69) is 25.6 Å².